The average Bonchev–Trinajstić information content (AvgIpc) is 3.40. The molecule has 2 N–H and O–H groups in total. The van der Waals surface area contributed by atoms with Crippen LogP contribution in [-0.2, 0) is 11.4 Å². The zero-order valence-electron chi connectivity index (χ0n) is 13.5. The summed E-state index contributed by atoms with van der Waals surface area (Å²) in [6.45, 7) is 0.328. The average molecular weight is 343 g/mol. The number of hydrogen-bond acceptors (Lipinski definition) is 3. The second-order valence-electron chi connectivity index (χ2n) is 6.21. The van der Waals surface area contributed by atoms with Crippen molar-refractivity contribution in [2.24, 2.45) is 5.41 Å². The number of nitrogens with one attached hydrogen (secondary N) is 1. The van der Waals surface area contributed by atoms with Crippen LogP contribution in [-0.4, -0.2) is 23.5 Å². The molecule has 1 saturated carbocycles. The Morgan fingerprint density at radius 2 is 1.92 bits per heavy atom. The first-order valence-corrected chi connectivity index (χ1v) is 7.97. The van der Waals surface area contributed by atoms with Crippen LogP contribution in [0.5, 0.6) is 5.75 Å². The molecule has 0 atom stereocenters. The van der Waals surface area contributed by atoms with Crippen LogP contribution in [0.15, 0.2) is 48.5 Å². The van der Waals surface area contributed by atoms with Gasteiger partial charge in [0.2, 0.25) is 0 Å². The third kappa shape index (κ3) is 4.15. The minimum atomic E-state index is -0.870. The lowest BCUT2D eigenvalue weighted by Gasteiger charge is -2.12. The fourth-order valence-electron chi connectivity index (χ4n) is 2.49. The van der Waals surface area contributed by atoms with E-state index in [4.69, 9.17) is 9.84 Å². The van der Waals surface area contributed by atoms with Crippen molar-refractivity contribution in [2.75, 3.05) is 6.54 Å². The summed E-state index contributed by atoms with van der Waals surface area (Å²) in [4.78, 5) is 23.4. The highest BCUT2D eigenvalue weighted by atomic mass is 19.1. The van der Waals surface area contributed by atoms with E-state index in [2.05, 4.69) is 5.32 Å². The summed E-state index contributed by atoms with van der Waals surface area (Å²) < 4.78 is 18.6. The summed E-state index contributed by atoms with van der Waals surface area (Å²) in [6.07, 6.45) is 1.17. The molecule has 1 aliphatic rings. The van der Waals surface area contributed by atoms with Gasteiger partial charge >= 0.3 is 5.97 Å². The van der Waals surface area contributed by atoms with Gasteiger partial charge in [-0.05, 0) is 42.7 Å². The maximum absolute atomic E-state index is 13.1. The smallest absolute Gasteiger partial charge is 0.311 e. The highest BCUT2D eigenvalue weighted by Gasteiger charge is 2.50. The number of rotatable bonds is 7. The minimum absolute atomic E-state index is 0.130. The van der Waals surface area contributed by atoms with Gasteiger partial charge in [-0.25, -0.2) is 4.39 Å². The van der Waals surface area contributed by atoms with E-state index in [0.29, 0.717) is 24.2 Å². The molecule has 0 aromatic heterocycles. The van der Waals surface area contributed by atoms with Crippen molar-refractivity contribution in [1.29, 1.82) is 0 Å². The quantitative estimate of drug-likeness (QED) is 0.810. The molecule has 1 amide bonds. The van der Waals surface area contributed by atoms with Gasteiger partial charge in [0.25, 0.3) is 5.91 Å². The van der Waals surface area contributed by atoms with Gasteiger partial charge in [-0.15, -0.1) is 0 Å². The topological polar surface area (TPSA) is 75.6 Å². The van der Waals surface area contributed by atoms with Crippen LogP contribution in [0.3, 0.4) is 0 Å². The SMILES string of the molecule is O=C(NCC1(C(=O)O)CC1)c1cccc(COc2cccc(F)c2)c1. The lowest BCUT2D eigenvalue weighted by Crippen LogP contribution is -2.34. The Bertz CT molecular complexity index is 802. The lowest BCUT2D eigenvalue weighted by atomic mass is 10.1. The number of carboxylic acid groups (broad SMARTS) is 1. The summed E-state index contributed by atoms with van der Waals surface area (Å²) in [5, 5.41) is 11.8. The van der Waals surface area contributed by atoms with Gasteiger partial charge in [0.05, 0.1) is 5.41 Å². The Morgan fingerprint density at radius 3 is 2.60 bits per heavy atom. The van der Waals surface area contributed by atoms with Crippen molar-refractivity contribution in [3.63, 3.8) is 0 Å². The maximum atomic E-state index is 13.1. The number of ether oxygens (including phenoxy) is 1. The van der Waals surface area contributed by atoms with Crippen LogP contribution >= 0.6 is 0 Å². The molecule has 0 heterocycles. The first-order chi connectivity index (χ1) is 12.0. The third-order valence-electron chi connectivity index (χ3n) is 4.29. The molecule has 0 radical (unpaired) electrons. The van der Waals surface area contributed by atoms with Gasteiger partial charge in [0, 0.05) is 18.2 Å². The molecule has 6 heteroatoms. The monoisotopic (exact) mass is 343 g/mol. The highest BCUT2D eigenvalue weighted by Crippen LogP contribution is 2.45. The van der Waals surface area contributed by atoms with Crippen LogP contribution < -0.4 is 10.1 Å². The van der Waals surface area contributed by atoms with E-state index in [1.54, 1.807) is 36.4 Å². The van der Waals surface area contributed by atoms with Crippen LogP contribution in [0.2, 0.25) is 0 Å². The number of hydrogen-bond donors (Lipinski definition) is 2. The molecular weight excluding hydrogens is 325 g/mol. The standard InChI is InChI=1S/C19H18FNO4/c20-15-5-2-6-16(10-15)25-11-13-3-1-4-14(9-13)17(22)21-12-19(7-8-19)18(23)24/h1-6,9-10H,7-8,11-12H2,(H,21,22)(H,23,24). The van der Waals surface area contributed by atoms with Gasteiger partial charge in [0.15, 0.2) is 0 Å². The number of carbonyl (C=O) groups is 2. The number of aliphatic carboxylic acids is 1. The molecular formula is C19H18FNO4. The molecule has 1 aliphatic carbocycles. The molecule has 130 valence electrons. The third-order valence-corrected chi connectivity index (χ3v) is 4.29. The predicted octanol–water partition coefficient (Wildman–Crippen LogP) is 3.00. The zero-order valence-corrected chi connectivity index (χ0v) is 13.5. The fraction of sp³-hybridized carbons (Fsp3) is 0.263. The van der Waals surface area contributed by atoms with Crippen molar-refractivity contribution < 1.29 is 23.8 Å². The van der Waals surface area contributed by atoms with Crippen LogP contribution in [0.1, 0.15) is 28.8 Å². The van der Waals surface area contributed by atoms with E-state index in [-0.39, 0.29) is 24.9 Å². The Labute approximate surface area is 144 Å². The lowest BCUT2D eigenvalue weighted by molar-refractivity contribution is -0.143. The van der Waals surface area contributed by atoms with Crippen LogP contribution in [0.4, 0.5) is 4.39 Å². The number of carbonyl (C=O) groups excluding carboxylic acids is 1. The number of carboxylic acids is 1. The molecule has 0 bridgehead atoms. The Hall–Kier alpha value is -2.89. The van der Waals surface area contributed by atoms with E-state index in [0.717, 1.165) is 5.56 Å². The highest BCUT2D eigenvalue weighted by molar-refractivity contribution is 5.94. The summed E-state index contributed by atoms with van der Waals surface area (Å²) in [7, 11) is 0. The normalized spacial score (nSPS) is 14.6. The molecule has 25 heavy (non-hydrogen) atoms. The van der Waals surface area contributed by atoms with Gasteiger partial charge < -0.3 is 15.2 Å². The second kappa shape index (κ2) is 6.93. The molecule has 1 fully saturated rings. The number of amides is 1. The summed E-state index contributed by atoms with van der Waals surface area (Å²) in [5.41, 5.74) is 0.395. The Morgan fingerprint density at radius 1 is 1.16 bits per heavy atom. The zero-order chi connectivity index (χ0) is 17.9. The molecule has 2 aromatic carbocycles. The van der Waals surface area contributed by atoms with Gasteiger partial charge in [-0.2, -0.15) is 0 Å². The first-order valence-electron chi connectivity index (χ1n) is 7.97. The van der Waals surface area contributed by atoms with Crippen molar-refractivity contribution in [1.82, 2.24) is 5.32 Å². The molecule has 5 nitrogen and oxygen atoms in total. The largest absolute Gasteiger partial charge is 0.489 e. The Balaban J connectivity index is 1.59. The number of benzene rings is 2. The van der Waals surface area contributed by atoms with E-state index in [9.17, 15) is 14.0 Å². The second-order valence-corrected chi connectivity index (χ2v) is 6.21. The summed E-state index contributed by atoms with van der Waals surface area (Å²) in [5.74, 6) is -1.16. The van der Waals surface area contributed by atoms with Crippen molar-refractivity contribution in [2.45, 2.75) is 19.4 Å². The van der Waals surface area contributed by atoms with Gasteiger partial charge in [-0.1, -0.05) is 18.2 Å². The Kier molecular flexibility index (Phi) is 4.70. The van der Waals surface area contributed by atoms with E-state index < -0.39 is 11.4 Å². The first kappa shape index (κ1) is 17.0. The molecule has 0 spiro atoms. The summed E-state index contributed by atoms with van der Waals surface area (Å²) >= 11 is 0. The number of halogens is 1. The van der Waals surface area contributed by atoms with E-state index >= 15 is 0 Å². The molecule has 0 saturated heterocycles. The van der Waals surface area contributed by atoms with Crippen molar-refractivity contribution in [3.8, 4) is 5.75 Å². The predicted molar refractivity (Wildman–Crippen MR) is 88.8 cm³/mol. The maximum Gasteiger partial charge on any atom is 0.311 e. The molecule has 0 unspecified atom stereocenters. The fourth-order valence-corrected chi connectivity index (χ4v) is 2.49. The minimum Gasteiger partial charge on any atom is -0.489 e. The van der Waals surface area contributed by atoms with Gasteiger partial charge in [-0.3, -0.25) is 9.59 Å². The molecule has 3 rings (SSSR count). The van der Waals surface area contributed by atoms with E-state index in [1.165, 1.54) is 12.1 Å². The van der Waals surface area contributed by atoms with Crippen molar-refractivity contribution >= 4 is 11.9 Å². The summed E-state index contributed by atoms with van der Waals surface area (Å²) in [6, 6.07) is 12.7. The van der Waals surface area contributed by atoms with Crippen molar-refractivity contribution in [3.05, 3.63) is 65.5 Å². The molecule has 0 aliphatic heterocycles. The van der Waals surface area contributed by atoms with Gasteiger partial charge in [0.1, 0.15) is 18.2 Å². The van der Waals surface area contributed by atoms with Crippen LogP contribution in [0.25, 0.3) is 0 Å². The van der Waals surface area contributed by atoms with E-state index in [1.807, 2.05) is 0 Å². The molecule has 2 aromatic rings. The van der Waals surface area contributed by atoms with Crippen LogP contribution in [0, 0.1) is 11.2 Å².